The maximum Gasteiger partial charge on any atom is 0.152 e. The summed E-state index contributed by atoms with van der Waals surface area (Å²) in [6, 6.07) is -0.0587. The minimum atomic E-state index is -1.25. The van der Waals surface area contributed by atoms with Crippen LogP contribution in [0.1, 0.15) is 122 Å². The molecule has 0 amide bonds. The molecule has 0 saturated heterocycles. The van der Waals surface area contributed by atoms with E-state index in [2.05, 4.69) is 6.92 Å². The first kappa shape index (κ1) is 23.9. The Bertz CT molecular complexity index is 234. The van der Waals surface area contributed by atoms with Crippen molar-refractivity contribution < 1.29 is 10.2 Å². The molecule has 0 saturated carbocycles. The zero-order valence-electron chi connectivity index (χ0n) is 16.4. The van der Waals surface area contributed by atoms with Crippen LogP contribution in [-0.2, 0) is 0 Å². The van der Waals surface area contributed by atoms with Crippen molar-refractivity contribution in [2.45, 2.75) is 135 Å². The zero-order chi connectivity index (χ0) is 17.9. The second-order valence-electron chi connectivity index (χ2n) is 7.57. The van der Waals surface area contributed by atoms with E-state index >= 15 is 0 Å². The number of hydrogen-bond donors (Lipinski definition) is 3. The van der Waals surface area contributed by atoms with Gasteiger partial charge in [0, 0.05) is 12.5 Å². The molecular weight excluding hydrogens is 298 g/mol. The van der Waals surface area contributed by atoms with E-state index in [4.69, 9.17) is 15.9 Å². The third kappa shape index (κ3) is 19.9. The second-order valence-corrected chi connectivity index (χ2v) is 7.57. The van der Waals surface area contributed by atoms with Gasteiger partial charge in [-0.25, -0.2) is 0 Å². The lowest BCUT2D eigenvalue weighted by Gasteiger charge is -2.12. The maximum atomic E-state index is 8.83. The van der Waals surface area contributed by atoms with Gasteiger partial charge in [0.05, 0.1) is 0 Å². The summed E-state index contributed by atoms with van der Waals surface area (Å²) in [4.78, 5) is 0. The smallest absolute Gasteiger partial charge is 0.152 e. The standard InChI is InChI=1S/C21H45NO2/c1-2-3-4-5-6-7-8-9-10-11-12-13-14-15-16-17-18-20(22)19-21(23)24/h20-21,23-24H,2-19,22H2,1H3. The van der Waals surface area contributed by atoms with Crippen molar-refractivity contribution in [3.05, 3.63) is 0 Å². The molecule has 0 aromatic heterocycles. The second kappa shape index (κ2) is 19.2. The number of aliphatic hydroxyl groups is 2. The van der Waals surface area contributed by atoms with Crippen LogP contribution >= 0.6 is 0 Å². The molecule has 0 aromatic rings. The van der Waals surface area contributed by atoms with Crippen molar-refractivity contribution in [3.63, 3.8) is 0 Å². The SMILES string of the molecule is CCCCCCCCCCCCCCCCCCC(N)CC(O)O. The van der Waals surface area contributed by atoms with E-state index in [0.29, 0.717) is 6.42 Å². The summed E-state index contributed by atoms with van der Waals surface area (Å²) in [6.45, 7) is 2.28. The molecule has 0 heterocycles. The Morgan fingerprint density at radius 2 is 0.917 bits per heavy atom. The molecule has 0 aliphatic heterocycles. The highest BCUT2D eigenvalue weighted by molar-refractivity contribution is 4.62. The Kier molecular flexibility index (Phi) is 19.1. The average molecular weight is 344 g/mol. The number of unbranched alkanes of at least 4 members (excludes halogenated alkanes) is 15. The molecule has 24 heavy (non-hydrogen) atoms. The molecule has 1 atom stereocenters. The van der Waals surface area contributed by atoms with Crippen LogP contribution in [0.2, 0.25) is 0 Å². The van der Waals surface area contributed by atoms with Gasteiger partial charge in [0.2, 0.25) is 0 Å². The van der Waals surface area contributed by atoms with Crippen molar-refractivity contribution in [2.24, 2.45) is 5.73 Å². The van der Waals surface area contributed by atoms with E-state index in [1.165, 1.54) is 96.3 Å². The van der Waals surface area contributed by atoms with Crippen molar-refractivity contribution in [2.75, 3.05) is 0 Å². The van der Waals surface area contributed by atoms with Gasteiger partial charge in [-0.2, -0.15) is 0 Å². The van der Waals surface area contributed by atoms with E-state index in [0.717, 1.165) is 12.8 Å². The average Bonchev–Trinajstić information content (AvgIpc) is 2.53. The summed E-state index contributed by atoms with van der Waals surface area (Å²) < 4.78 is 0. The summed E-state index contributed by atoms with van der Waals surface area (Å²) in [5.74, 6) is 0. The van der Waals surface area contributed by atoms with Crippen molar-refractivity contribution in [1.82, 2.24) is 0 Å². The van der Waals surface area contributed by atoms with Gasteiger partial charge in [-0.15, -0.1) is 0 Å². The predicted octanol–water partition coefficient (Wildman–Crippen LogP) is 5.67. The monoisotopic (exact) mass is 343 g/mol. The maximum absolute atomic E-state index is 8.83. The summed E-state index contributed by atoms with van der Waals surface area (Å²) in [5.41, 5.74) is 5.82. The summed E-state index contributed by atoms with van der Waals surface area (Å²) >= 11 is 0. The molecule has 0 fully saturated rings. The first-order chi connectivity index (χ1) is 11.7. The Morgan fingerprint density at radius 3 is 1.25 bits per heavy atom. The molecule has 1 unspecified atom stereocenters. The first-order valence-corrected chi connectivity index (χ1v) is 10.8. The van der Waals surface area contributed by atoms with Gasteiger partial charge in [-0.3, -0.25) is 0 Å². The van der Waals surface area contributed by atoms with E-state index in [1.807, 2.05) is 0 Å². The molecular formula is C21H45NO2. The summed E-state index contributed by atoms with van der Waals surface area (Å²) in [6.07, 6.45) is 22.0. The highest BCUT2D eigenvalue weighted by Crippen LogP contribution is 2.14. The Hall–Kier alpha value is -0.120. The minimum absolute atomic E-state index is 0.0587. The number of nitrogens with two attached hydrogens (primary N) is 1. The first-order valence-electron chi connectivity index (χ1n) is 10.8. The Labute approximate surface area is 151 Å². The van der Waals surface area contributed by atoms with Crippen LogP contribution in [0.3, 0.4) is 0 Å². The van der Waals surface area contributed by atoms with Gasteiger partial charge >= 0.3 is 0 Å². The van der Waals surface area contributed by atoms with Crippen LogP contribution < -0.4 is 5.73 Å². The van der Waals surface area contributed by atoms with Gasteiger partial charge in [-0.1, -0.05) is 110 Å². The van der Waals surface area contributed by atoms with Gasteiger partial charge in [-0.05, 0) is 6.42 Å². The quantitative estimate of drug-likeness (QED) is 0.209. The van der Waals surface area contributed by atoms with Gasteiger partial charge in [0.15, 0.2) is 6.29 Å². The number of rotatable bonds is 19. The highest BCUT2D eigenvalue weighted by atomic mass is 16.5. The molecule has 3 nitrogen and oxygen atoms in total. The van der Waals surface area contributed by atoms with Gasteiger partial charge in [0.1, 0.15) is 0 Å². The van der Waals surface area contributed by atoms with E-state index < -0.39 is 6.29 Å². The minimum Gasteiger partial charge on any atom is -0.368 e. The lowest BCUT2D eigenvalue weighted by molar-refractivity contribution is -0.0497. The molecule has 0 aliphatic rings. The number of hydrogen-bond acceptors (Lipinski definition) is 3. The van der Waals surface area contributed by atoms with Crippen molar-refractivity contribution >= 4 is 0 Å². The normalized spacial score (nSPS) is 12.9. The van der Waals surface area contributed by atoms with Crippen LogP contribution in [-0.4, -0.2) is 22.5 Å². The fourth-order valence-electron chi connectivity index (χ4n) is 3.34. The van der Waals surface area contributed by atoms with E-state index in [9.17, 15) is 0 Å². The molecule has 0 radical (unpaired) electrons. The van der Waals surface area contributed by atoms with Gasteiger partial charge in [0.25, 0.3) is 0 Å². The zero-order valence-corrected chi connectivity index (χ0v) is 16.4. The highest BCUT2D eigenvalue weighted by Gasteiger charge is 2.06. The molecule has 0 aromatic carbocycles. The van der Waals surface area contributed by atoms with E-state index in [1.54, 1.807) is 0 Å². The molecule has 146 valence electrons. The largest absolute Gasteiger partial charge is 0.368 e. The van der Waals surface area contributed by atoms with Crippen LogP contribution in [0.4, 0.5) is 0 Å². The van der Waals surface area contributed by atoms with Crippen LogP contribution in [0.5, 0.6) is 0 Å². The van der Waals surface area contributed by atoms with Gasteiger partial charge < -0.3 is 15.9 Å². The third-order valence-corrected chi connectivity index (χ3v) is 4.94. The molecule has 4 N–H and O–H groups in total. The molecule has 0 spiro atoms. The Morgan fingerprint density at radius 1 is 0.583 bits per heavy atom. The molecule has 0 rings (SSSR count). The summed E-state index contributed by atoms with van der Waals surface area (Å²) in [5, 5.41) is 17.7. The molecule has 3 heteroatoms. The lowest BCUT2D eigenvalue weighted by atomic mass is 10.0. The third-order valence-electron chi connectivity index (χ3n) is 4.94. The number of aliphatic hydroxyl groups excluding tert-OH is 1. The van der Waals surface area contributed by atoms with E-state index in [-0.39, 0.29) is 6.04 Å². The predicted molar refractivity (Wildman–Crippen MR) is 105 cm³/mol. The van der Waals surface area contributed by atoms with Crippen LogP contribution in [0.25, 0.3) is 0 Å². The lowest BCUT2D eigenvalue weighted by Crippen LogP contribution is -2.25. The van der Waals surface area contributed by atoms with Crippen molar-refractivity contribution in [3.8, 4) is 0 Å². The topological polar surface area (TPSA) is 66.5 Å². The van der Waals surface area contributed by atoms with Crippen molar-refractivity contribution in [1.29, 1.82) is 0 Å². The fourth-order valence-corrected chi connectivity index (χ4v) is 3.34. The molecule has 0 bridgehead atoms. The Balaban J connectivity index is 3.05. The fraction of sp³-hybridized carbons (Fsp3) is 1.00. The molecule has 0 aliphatic carbocycles. The van der Waals surface area contributed by atoms with Crippen LogP contribution in [0, 0.1) is 0 Å². The van der Waals surface area contributed by atoms with Crippen LogP contribution in [0.15, 0.2) is 0 Å². The summed E-state index contributed by atoms with van der Waals surface area (Å²) in [7, 11) is 0.